The van der Waals surface area contributed by atoms with Crippen LogP contribution in [0.25, 0.3) is 0 Å². The number of hydrogen-bond acceptors (Lipinski definition) is 2. The lowest BCUT2D eigenvalue weighted by molar-refractivity contribution is 0.508. The molecule has 0 amide bonds. The van der Waals surface area contributed by atoms with E-state index in [1.165, 1.54) is 12.1 Å². The van der Waals surface area contributed by atoms with Crippen LogP contribution in [0.1, 0.15) is 17.2 Å². The molecule has 1 unspecified atom stereocenters. The van der Waals surface area contributed by atoms with E-state index in [9.17, 15) is 8.78 Å². The summed E-state index contributed by atoms with van der Waals surface area (Å²) < 4.78 is 28.5. The van der Waals surface area contributed by atoms with Crippen LogP contribution in [0.5, 0.6) is 0 Å². The molecule has 0 aromatic heterocycles. The Balaban J connectivity index is 2.31. The minimum atomic E-state index is -0.443. The summed E-state index contributed by atoms with van der Waals surface area (Å²) >= 11 is 6.40. The van der Waals surface area contributed by atoms with E-state index >= 15 is 0 Å². The van der Waals surface area contributed by atoms with Gasteiger partial charge in [0.2, 0.25) is 0 Å². The van der Waals surface area contributed by atoms with Crippen LogP contribution < -0.4 is 11.3 Å². The predicted octanol–water partition coefficient (Wildman–Crippen LogP) is 4.24. The fourth-order valence-electron chi connectivity index (χ4n) is 1.97. The third-order valence-corrected chi connectivity index (χ3v) is 4.38. The monoisotopic (exact) mass is 404 g/mol. The smallest absolute Gasteiger partial charge is 0.137 e. The molecule has 0 aliphatic heterocycles. The maximum Gasteiger partial charge on any atom is 0.137 e. The largest absolute Gasteiger partial charge is 0.271 e. The first-order chi connectivity index (χ1) is 9.52. The first-order valence-electron chi connectivity index (χ1n) is 5.87. The number of hydrogen-bond donors (Lipinski definition) is 2. The molecule has 20 heavy (non-hydrogen) atoms. The summed E-state index contributed by atoms with van der Waals surface area (Å²) in [6.45, 7) is 0. The van der Waals surface area contributed by atoms with Crippen LogP contribution in [0.2, 0.25) is 0 Å². The van der Waals surface area contributed by atoms with Crippen molar-refractivity contribution >= 4 is 31.9 Å². The van der Waals surface area contributed by atoms with Crippen LogP contribution in [-0.2, 0) is 6.42 Å². The van der Waals surface area contributed by atoms with Gasteiger partial charge in [-0.25, -0.2) is 8.78 Å². The first kappa shape index (κ1) is 15.6. The predicted molar refractivity (Wildman–Crippen MR) is 82.0 cm³/mol. The maximum absolute atomic E-state index is 14.0. The normalized spacial score (nSPS) is 12.4. The van der Waals surface area contributed by atoms with Gasteiger partial charge in [-0.05, 0) is 46.1 Å². The van der Waals surface area contributed by atoms with Gasteiger partial charge in [-0.2, -0.15) is 0 Å². The van der Waals surface area contributed by atoms with Crippen LogP contribution >= 0.6 is 31.9 Å². The van der Waals surface area contributed by atoms with Crippen molar-refractivity contribution in [3.8, 4) is 0 Å². The van der Waals surface area contributed by atoms with Gasteiger partial charge in [-0.1, -0.05) is 34.1 Å². The quantitative estimate of drug-likeness (QED) is 0.589. The van der Waals surface area contributed by atoms with Crippen LogP contribution in [0.15, 0.2) is 45.3 Å². The van der Waals surface area contributed by atoms with Gasteiger partial charge in [-0.3, -0.25) is 11.3 Å². The van der Waals surface area contributed by atoms with E-state index in [1.807, 2.05) is 0 Å². The molecular formula is C14H12Br2F2N2. The number of halogens is 4. The highest BCUT2D eigenvalue weighted by atomic mass is 79.9. The molecule has 0 aliphatic carbocycles. The number of benzene rings is 2. The molecule has 2 rings (SSSR count). The molecular weight excluding hydrogens is 394 g/mol. The summed E-state index contributed by atoms with van der Waals surface area (Å²) in [6.07, 6.45) is 0.368. The Morgan fingerprint density at radius 2 is 1.85 bits per heavy atom. The highest BCUT2D eigenvalue weighted by molar-refractivity contribution is 9.10. The lowest BCUT2D eigenvalue weighted by atomic mass is 9.99. The van der Waals surface area contributed by atoms with Crippen LogP contribution in [0, 0.1) is 11.6 Å². The molecule has 2 nitrogen and oxygen atoms in total. The molecule has 0 heterocycles. The van der Waals surface area contributed by atoms with Crippen LogP contribution in [0.4, 0.5) is 8.78 Å². The van der Waals surface area contributed by atoms with E-state index in [-0.39, 0.29) is 11.6 Å². The summed E-state index contributed by atoms with van der Waals surface area (Å²) in [4.78, 5) is 0. The molecule has 0 bridgehead atoms. The standard InChI is InChI=1S/C14H12Br2F2N2/c15-9-4-5-10(12(18)7-9)13(20-19)6-8-2-1-3-11(17)14(8)16/h1-5,7,13,20H,6,19H2. The van der Waals surface area contributed by atoms with Crippen molar-refractivity contribution in [2.75, 3.05) is 0 Å². The molecule has 2 aromatic rings. The molecule has 0 spiro atoms. The van der Waals surface area contributed by atoms with Gasteiger partial charge in [0.05, 0.1) is 10.5 Å². The zero-order valence-electron chi connectivity index (χ0n) is 10.3. The van der Waals surface area contributed by atoms with Gasteiger partial charge >= 0.3 is 0 Å². The second-order valence-corrected chi connectivity index (χ2v) is 6.01. The van der Waals surface area contributed by atoms with Gasteiger partial charge in [-0.15, -0.1) is 0 Å². The number of nitrogens with one attached hydrogen (secondary N) is 1. The Labute approximate surface area is 132 Å². The zero-order valence-corrected chi connectivity index (χ0v) is 13.5. The summed E-state index contributed by atoms with van der Waals surface area (Å²) in [5.74, 6) is 4.79. The van der Waals surface area contributed by atoms with Gasteiger partial charge in [0, 0.05) is 10.0 Å². The van der Waals surface area contributed by atoms with Crippen molar-refractivity contribution in [1.29, 1.82) is 0 Å². The van der Waals surface area contributed by atoms with Gasteiger partial charge in [0.1, 0.15) is 11.6 Å². The first-order valence-corrected chi connectivity index (χ1v) is 7.45. The lowest BCUT2D eigenvalue weighted by Crippen LogP contribution is -2.30. The molecule has 0 fully saturated rings. The lowest BCUT2D eigenvalue weighted by Gasteiger charge is -2.18. The maximum atomic E-state index is 14.0. The molecule has 106 valence electrons. The van der Waals surface area contributed by atoms with Crippen molar-refractivity contribution in [3.05, 3.63) is 68.1 Å². The Morgan fingerprint density at radius 1 is 1.10 bits per heavy atom. The molecule has 3 N–H and O–H groups in total. The van der Waals surface area contributed by atoms with E-state index in [2.05, 4.69) is 37.3 Å². The SMILES string of the molecule is NNC(Cc1cccc(F)c1Br)c1ccc(Br)cc1F. The van der Waals surface area contributed by atoms with Crippen molar-refractivity contribution in [3.63, 3.8) is 0 Å². The molecule has 0 saturated carbocycles. The fraction of sp³-hybridized carbons (Fsp3) is 0.143. The number of nitrogens with two attached hydrogens (primary N) is 1. The number of rotatable bonds is 4. The summed E-state index contributed by atoms with van der Waals surface area (Å²) in [7, 11) is 0. The van der Waals surface area contributed by atoms with Gasteiger partial charge in [0.25, 0.3) is 0 Å². The molecule has 0 radical (unpaired) electrons. The highest BCUT2D eigenvalue weighted by Crippen LogP contribution is 2.27. The Hall–Kier alpha value is -0.820. The van der Waals surface area contributed by atoms with Crippen molar-refractivity contribution < 1.29 is 8.78 Å². The Kier molecular flexibility index (Phi) is 5.26. The average molecular weight is 406 g/mol. The average Bonchev–Trinajstić information content (AvgIpc) is 2.41. The molecule has 2 aromatic carbocycles. The fourth-order valence-corrected chi connectivity index (χ4v) is 2.73. The molecule has 0 aliphatic rings. The van der Waals surface area contributed by atoms with Crippen molar-refractivity contribution in [2.24, 2.45) is 5.84 Å². The van der Waals surface area contributed by atoms with Gasteiger partial charge in [0.15, 0.2) is 0 Å². The Bertz CT molecular complexity index is 620. The summed E-state index contributed by atoms with van der Waals surface area (Å²) in [5, 5.41) is 0. The van der Waals surface area contributed by atoms with E-state index in [0.717, 1.165) is 5.56 Å². The van der Waals surface area contributed by atoms with E-state index in [4.69, 9.17) is 5.84 Å². The molecule has 1 atom stereocenters. The minimum absolute atomic E-state index is 0.352. The van der Waals surface area contributed by atoms with Crippen molar-refractivity contribution in [2.45, 2.75) is 12.5 Å². The third-order valence-electron chi connectivity index (χ3n) is 2.99. The topological polar surface area (TPSA) is 38.0 Å². The van der Waals surface area contributed by atoms with Gasteiger partial charge < -0.3 is 0 Å². The van der Waals surface area contributed by atoms with Crippen molar-refractivity contribution in [1.82, 2.24) is 5.43 Å². The van der Waals surface area contributed by atoms with E-state index in [1.54, 1.807) is 24.3 Å². The number of hydrazine groups is 1. The summed E-state index contributed by atoms with van der Waals surface area (Å²) in [5.41, 5.74) is 3.73. The molecule has 6 heteroatoms. The van der Waals surface area contributed by atoms with Crippen LogP contribution in [-0.4, -0.2) is 0 Å². The van der Waals surface area contributed by atoms with Crippen LogP contribution in [0.3, 0.4) is 0 Å². The molecule has 0 saturated heterocycles. The Morgan fingerprint density at radius 3 is 2.50 bits per heavy atom. The second kappa shape index (κ2) is 6.76. The van der Waals surface area contributed by atoms with E-state index < -0.39 is 6.04 Å². The third kappa shape index (κ3) is 3.44. The summed E-state index contributed by atoms with van der Waals surface area (Å²) in [6, 6.07) is 9.07. The second-order valence-electron chi connectivity index (χ2n) is 4.30. The highest BCUT2D eigenvalue weighted by Gasteiger charge is 2.17. The minimum Gasteiger partial charge on any atom is -0.271 e. The zero-order chi connectivity index (χ0) is 14.7. The van der Waals surface area contributed by atoms with E-state index in [0.29, 0.717) is 20.9 Å².